The molecule has 2 aromatic rings. The molecule has 1 heterocycles. The van der Waals surface area contributed by atoms with Gasteiger partial charge in [0.1, 0.15) is 0 Å². The predicted octanol–water partition coefficient (Wildman–Crippen LogP) is 2.10. The van der Waals surface area contributed by atoms with Gasteiger partial charge < -0.3 is 11.1 Å². The molecule has 0 fully saturated rings. The average Bonchev–Trinajstić information content (AvgIpc) is 2.63. The number of nitrogens with two attached hydrogens (primary N) is 1. The molecule has 0 saturated carbocycles. The third-order valence-electron chi connectivity index (χ3n) is 2.31. The van der Waals surface area contributed by atoms with Crippen molar-refractivity contribution in [3.63, 3.8) is 0 Å². The van der Waals surface area contributed by atoms with Crippen LogP contribution >= 0.6 is 15.9 Å². The molecule has 0 amide bonds. The molecule has 0 saturated heterocycles. The molecule has 0 aliphatic heterocycles. The number of nitrogen functional groups attached to an aromatic ring is 1. The number of halogens is 1. The van der Waals surface area contributed by atoms with Gasteiger partial charge >= 0.3 is 0 Å². The summed E-state index contributed by atoms with van der Waals surface area (Å²) in [6.07, 6.45) is 0. The summed E-state index contributed by atoms with van der Waals surface area (Å²) in [7, 11) is 0. The summed E-state index contributed by atoms with van der Waals surface area (Å²) in [6, 6.07) is 7.98. The van der Waals surface area contributed by atoms with Crippen molar-refractivity contribution in [2.75, 3.05) is 17.6 Å². The minimum Gasteiger partial charge on any atom is -0.368 e. The molecule has 0 bridgehead atoms. The van der Waals surface area contributed by atoms with Crippen LogP contribution in [0.15, 0.2) is 28.7 Å². The molecule has 0 aliphatic rings. The Bertz CT molecular complexity index is 508. The van der Waals surface area contributed by atoms with E-state index in [1.165, 1.54) is 0 Å². The fourth-order valence-electron chi connectivity index (χ4n) is 1.49. The van der Waals surface area contributed by atoms with Crippen LogP contribution in [0.5, 0.6) is 0 Å². The first-order chi connectivity index (χ1) is 8.20. The van der Waals surface area contributed by atoms with Gasteiger partial charge in [0.15, 0.2) is 0 Å². The molecule has 6 heteroatoms. The quantitative estimate of drug-likeness (QED) is 0.906. The second-order valence-corrected chi connectivity index (χ2v) is 4.43. The number of hydrogen-bond acceptors (Lipinski definition) is 4. The van der Waals surface area contributed by atoms with Crippen LogP contribution in [0.1, 0.15) is 12.5 Å². The van der Waals surface area contributed by atoms with E-state index in [9.17, 15) is 0 Å². The summed E-state index contributed by atoms with van der Waals surface area (Å²) >= 11 is 3.50. The number of aromatic nitrogens is 3. The van der Waals surface area contributed by atoms with Gasteiger partial charge in [0, 0.05) is 11.0 Å². The van der Waals surface area contributed by atoms with Crippen LogP contribution in [0, 0.1) is 0 Å². The Kier molecular flexibility index (Phi) is 3.63. The fourth-order valence-corrected chi connectivity index (χ4v) is 1.90. The van der Waals surface area contributed by atoms with Gasteiger partial charge in [-0.2, -0.15) is 4.98 Å². The van der Waals surface area contributed by atoms with Crippen molar-refractivity contribution in [3.8, 4) is 0 Å². The minimum atomic E-state index is 0.414. The number of rotatable bonds is 4. The van der Waals surface area contributed by atoms with Gasteiger partial charge in [0.2, 0.25) is 11.9 Å². The zero-order valence-corrected chi connectivity index (χ0v) is 11.1. The first kappa shape index (κ1) is 11.9. The van der Waals surface area contributed by atoms with Gasteiger partial charge in [-0.3, -0.25) is 0 Å². The van der Waals surface area contributed by atoms with Crippen molar-refractivity contribution in [1.82, 2.24) is 14.8 Å². The lowest BCUT2D eigenvalue weighted by Gasteiger charge is -2.04. The number of nitrogens with one attached hydrogen (secondary N) is 1. The standard InChI is InChI=1S/C11H14BrN5/c1-2-14-11-15-10(13)17(16-11)7-8-5-3-4-6-9(8)12/h3-6H,2,7H2,1H3,(H3,13,14,15,16). The van der Waals surface area contributed by atoms with Crippen molar-refractivity contribution in [2.45, 2.75) is 13.5 Å². The largest absolute Gasteiger partial charge is 0.368 e. The van der Waals surface area contributed by atoms with Crippen LogP contribution in [0.4, 0.5) is 11.9 Å². The second-order valence-electron chi connectivity index (χ2n) is 3.57. The van der Waals surface area contributed by atoms with E-state index >= 15 is 0 Å². The van der Waals surface area contributed by atoms with E-state index in [0.29, 0.717) is 18.4 Å². The molecule has 0 aliphatic carbocycles. The molecule has 5 nitrogen and oxygen atoms in total. The summed E-state index contributed by atoms with van der Waals surface area (Å²) < 4.78 is 2.72. The maximum Gasteiger partial charge on any atom is 0.243 e. The van der Waals surface area contributed by atoms with Crippen LogP contribution in [0.2, 0.25) is 0 Å². The zero-order valence-electron chi connectivity index (χ0n) is 9.52. The molecule has 90 valence electrons. The third kappa shape index (κ3) is 2.76. The number of benzene rings is 1. The van der Waals surface area contributed by atoms with Gasteiger partial charge in [-0.1, -0.05) is 34.1 Å². The van der Waals surface area contributed by atoms with E-state index in [0.717, 1.165) is 16.6 Å². The molecule has 0 spiro atoms. The van der Waals surface area contributed by atoms with Crippen LogP contribution < -0.4 is 11.1 Å². The highest BCUT2D eigenvalue weighted by molar-refractivity contribution is 9.10. The van der Waals surface area contributed by atoms with Crippen molar-refractivity contribution in [2.24, 2.45) is 0 Å². The molecule has 0 atom stereocenters. The van der Waals surface area contributed by atoms with Crippen LogP contribution in [0.25, 0.3) is 0 Å². The molecule has 1 aromatic heterocycles. The molecular formula is C11H14BrN5. The maximum atomic E-state index is 5.80. The topological polar surface area (TPSA) is 68.8 Å². The van der Waals surface area contributed by atoms with E-state index in [1.807, 2.05) is 31.2 Å². The fraction of sp³-hybridized carbons (Fsp3) is 0.273. The lowest BCUT2D eigenvalue weighted by Crippen LogP contribution is -2.07. The lowest BCUT2D eigenvalue weighted by atomic mass is 10.2. The SMILES string of the molecule is CCNc1nc(N)n(Cc2ccccc2Br)n1. The third-order valence-corrected chi connectivity index (χ3v) is 3.09. The molecule has 0 unspecified atom stereocenters. The zero-order chi connectivity index (χ0) is 12.3. The molecule has 1 aromatic carbocycles. The number of anilines is 2. The Balaban J connectivity index is 2.21. The Morgan fingerprint density at radius 3 is 2.88 bits per heavy atom. The van der Waals surface area contributed by atoms with Gasteiger partial charge in [0.05, 0.1) is 6.54 Å². The van der Waals surface area contributed by atoms with E-state index in [1.54, 1.807) is 4.68 Å². The van der Waals surface area contributed by atoms with E-state index in [2.05, 4.69) is 31.3 Å². The van der Waals surface area contributed by atoms with Gasteiger partial charge in [-0.25, -0.2) is 4.68 Å². The van der Waals surface area contributed by atoms with Crippen LogP contribution in [-0.2, 0) is 6.54 Å². The van der Waals surface area contributed by atoms with Crippen molar-refractivity contribution >= 4 is 27.8 Å². The van der Waals surface area contributed by atoms with E-state index in [-0.39, 0.29) is 0 Å². The first-order valence-corrected chi connectivity index (χ1v) is 6.17. The molecule has 3 N–H and O–H groups in total. The summed E-state index contributed by atoms with van der Waals surface area (Å²) in [6.45, 7) is 3.37. The minimum absolute atomic E-state index is 0.414. The van der Waals surface area contributed by atoms with E-state index < -0.39 is 0 Å². The van der Waals surface area contributed by atoms with E-state index in [4.69, 9.17) is 5.73 Å². The van der Waals surface area contributed by atoms with Crippen molar-refractivity contribution in [1.29, 1.82) is 0 Å². The average molecular weight is 296 g/mol. The molecule has 0 radical (unpaired) electrons. The van der Waals surface area contributed by atoms with Gasteiger partial charge in [-0.05, 0) is 18.6 Å². The Morgan fingerprint density at radius 1 is 1.41 bits per heavy atom. The Hall–Kier alpha value is -1.56. The van der Waals surface area contributed by atoms with Crippen molar-refractivity contribution < 1.29 is 0 Å². The summed E-state index contributed by atoms with van der Waals surface area (Å²) in [5, 5.41) is 7.32. The first-order valence-electron chi connectivity index (χ1n) is 5.38. The smallest absolute Gasteiger partial charge is 0.243 e. The van der Waals surface area contributed by atoms with Crippen LogP contribution in [-0.4, -0.2) is 21.3 Å². The van der Waals surface area contributed by atoms with Crippen LogP contribution in [0.3, 0.4) is 0 Å². The predicted molar refractivity (Wildman–Crippen MR) is 71.8 cm³/mol. The molecular weight excluding hydrogens is 282 g/mol. The highest BCUT2D eigenvalue weighted by atomic mass is 79.9. The highest BCUT2D eigenvalue weighted by Gasteiger charge is 2.07. The summed E-state index contributed by atoms with van der Waals surface area (Å²) in [5.74, 6) is 0.980. The molecule has 2 rings (SSSR count). The van der Waals surface area contributed by atoms with Gasteiger partial charge in [0.25, 0.3) is 0 Å². The normalized spacial score (nSPS) is 10.5. The number of nitrogens with zero attached hydrogens (tertiary/aromatic N) is 3. The monoisotopic (exact) mass is 295 g/mol. The molecule has 17 heavy (non-hydrogen) atoms. The van der Waals surface area contributed by atoms with Gasteiger partial charge in [-0.15, -0.1) is 5.10 Å². The number of hydrogen-bond donors (Lipinski definition) is 2. The maximum absolute atomic E-state index is 5.80. The summed E-state index contributed by atoms with van der Waals surface area (Å²) in [4.78, 5) is 4.13. The highest BCUT2D eigenvalue weighted by Crippen LogP contribution is 2.18. The second kappa shape index (κ2) is 5.18. The Labute approximate surface area is 108 Å². The lowest BCUT2D eigenvalue weighted by molar-refractivity contribution is 0.695. The summed E-state index contributed by atoms with van der Waals surface area (Å²) in [5.41, 5.74) is 6.92. The Morgan fingerprint density at radius 2 is 2.18 bits per heavy atom. The van der Waals surface area contributed by atoms with Crippen molar-refractivity contribution in [3.05, 3.63) is 34.3 Å².